The second kappa shape index (κ2) is 9.72. The highest BCUT2D eigenvalue weighted by Gasteiger charge is 1.98. The number of allylic oxidation sites excluding steroid dienone is 5. The van der Waals surface area contributed by atoms with E-state index in [0.717, 1.165) is 19.5 Å². The minimum Gasteiger partial charge on any atom is -0.317 e. The normalized spacial score (nSPS) is 13.0. The van der Waals surface area contributed by atoms with Crippen LogP contribution in [0.15, 0.2) is 36.0 Å². The smallest absolute Gasteiger partial charge is 0.00457 e. The summed E-state index contributed by atoms with van der Waals surface area (Å²) in [4.78, 5) is 0. The molecule has 0 aliphatic rings. The summed E-state index contributed by atoms with van der Waals surface area (Å²) in [5.41, 5.74) is 2.77. The van der Waals surface area contributed by atoms with Crippen molar-refractivity contribution < 1.29 is 0 Å². The zero-order chi connectivity index (χ0) is 11.5. The molecule has 0 aromatic carbocycles. The molecule has 0 aliphatic heterocycles. The molecule has 0 heterocycles. The zero-order valence-electron chi connectivity index (χ0n) is 10.5. The van der Waals surface area contributed by atoms with Gasteiger partial charge in [0, 0.05) is 0 Å². The van der Waals surface area contributed by atoms with Crippen molar-refractivity contribution in [2.24, 2.45) is 0 Å². The van der Waals surface area contributed by atoms with Crippen LogP contribution in [0.3, 0.4) is 0 Å². The van der Waals surface area contributed by atoms with Gasteiger partial charge >= 0.3 is 0 Å². The fraction of sp³-hybridized carbons (Fsp3) is 0.571. The van der Waals surface area contributed by atoms with E-state index in [0.29, 0.717) is 0 Å². The van der Waals surface area contributed by atoms with E-state index in [9.17, 15) is 0 Å². The lowest BCUT2D eigenvalue weighted by Gasteiger charge is -2.07. The van der Waals surface area contributed by atoms with Crippen LogP contribution < -0.4 is 5.32 Å². The first-order chi connectivity index (χ1) is 7.26. The molecule has 0 saturated heterocycles. The Hall–Kier alpha value is -0.820. The van der Waals surface area contributed by atoms with Crippen LogP contribution in [0.5, 0.6) is 0 Å². The highest BCUT2D eigenvalue weighted by Crippen LogP contribution is 2.15. The Morgan fingerprint density at radius 3 is 2.60 bits per heavy atom. The first kappa shape index (κ1) is 14.2. The van der Waals surface area contributed by atoms with Gasteiger partial charge in [0.1, 0.15) is 0 Å². The molecule has 86 valence electrons. The minimum atomic E-state index is 1.11. The predicted molar refractivity (Wildman–Crippen MR) is 70.1 cm³/mol. The lowest BCUT2D eigenvalue weighted by Crippen LogP contribution is -2.15. The van der Waals surface area contributed by atoms with Gasteiger partial charge in [0.25, 0.3) is 0 Å². The van der Waals surface area contributed by atoms with Crippen LogP contribution in [0.1, 0.15) is 40.0 Å². The van der Waals surface area contributed by atoms with E-state index >= 15 is 0 Å². The third-order valence-electron chi connectivity index (χ3n) is 2.49. The van der Waals surface area contributed by atoms with E-state index in [1.54, 1.807) is 0 Å². The highest BCUT2D eigenvalue weighted by molar-refractivity contribution is 5.31. The molecule has 0 atom stereocenters. The van der Waals surface area contributed by atoms with Gasteiger partial charge in [-0.05, 0) is 51.8 Å². The predicted octanol–water partition coefficient (Wildman–Crippen LogP) is 3.84. The van der Waals surface area contributed by atoms with Gasteiger partial charge in [-0.25, -0.2) is 0 Å². The van der Waals surface area contributed by atoms with Gasteiger partial charge < -0.3 is 5.32 Å². The van der Waals surface area contributed by atoms with E-state index in [4.69, 9.17) is 0 Å². The largest absolute Gasteiger partial charge is 0.317 e. The van der Waals surface area contributed by atoms with Crippen molar-refractivity contribution in [3.8, 4) is 0 Å². The molecule has 0 aliphatic carbocycles. The molecule has 0 spiro atoms. The summed E-state index contributed by atoms with van der Waals surface area (Å²) >= 11 is 0. The Morgan fingerprint density at radius 1 is 1.33 bits per heavy atom. The molecule has 0 radical (unpaired) electrons. The zero-order valence-corrected chi connectivity index (χ0v) is 10.5. The van der Waals surface area contributed by atoms with Crippen molar-refractivity contribution in [1.82, 2.24) is 5.32 Å². The number of hydrogen-bond acceptors (Lipinski definition) is 1. The quantitative estimate of drug-likeness (QED) is 0.471. The molecule has 1 nitrogen and oxygen atoms in total. The maximum Gasteiger partial charge on any atom is -0.00457 e. The lowest BCUT2D eigenvalue weighted by atomic mass is 10.0. The van der Waals surface area contributed by atoms with Gasteiger partial charge in [-0.3, -0.25) is 0 Å². The standard InChI is InChI=1S/C14H25N/c1-5-9-14(13(4)7-3)10-8-12-15-11-6-2/h5,7,9,15H,1,6,8,10-12H2,2-4H3/b13-7-,14-9-. The Labute approximate surface area is 95.0 Å². The van der Waals surface area contributed by atoms with Crippen molar-refractivity contribution in [2.75, 3.05) is 13.1 Å². The fourth-order valence-corrected chi connectivity index (χ4v) is 1.45. The SMILES string of the molecule is C=C/C=C(CCCNCCC)\C(C)=C/C. The molecule has 15 heavy (non-hydrogen) atoms. The van der Waals surface area contributed by atoms with Crippen LogP contribution >= 0.6 is 0 Å². The summed E-state index contributed by atoms with van der Waals surface area (Å²) in [7, 11) is 0. The van der Waals surface area contributed by atoms with Crippen LogP contribution in [-0.4, -0.2) is 13.1 Å². The molecule has 0 saturated carbocycles. The number of nitrogens with one attached hydrogen (secondary N) is 1. The van der Waals surface area contributed by atoms with Crippen LogP contribution in [0.2, 0.25) is 0 Å². The van der Waals surface area contributed by atoms with Gasteiger partial charge in [-0.15, -0.1) is 0 Å². The molecular formula is C14H25N. The third-order valence-corrected chi connectivity index (χ3v) is 2.49. The van der Waals surface area contributed by atoms with Crippen molar-refractivity contribution in [3.05, 3.63) is 36.0 Å². The topological polar surface area (TPSA) is 12.0 Å². The minimum absolute atomic E-state index is 1.11. The Balaban J connectivity index is 3.88. The summed E-state index contributed by atoms with van der Waals surface area (Å²) in [5, 5.41) is 3.42. The Bertz CT molecular complexity index is 223. The summed E-state index contributed by atoms with van der Waals surface area (Å²) < 4.78 is 0. The van der Waals surface area contributed by atoms with Crippen molar-refractivity contribution in [1.29, 1.82) is 0 Å². The summed E-state index contributed by atoms with van der Waals surface area (Å²) in [5.74, 6) is 0. The van der Waals surface area contributed by atoms with Crippen LogP contribution in [0, 0.1) is 0 Å². The van der Waals surface area contributed by atoms with E-state index in [2.05, 4.69) is 44.8 Å². The van der Waals surface area contributed by atoms with Crippen molar-refractivity contribution in [3.63, 3.8) is 0 Å². The summed E-state index contributed by atoms with van der Waals surface area (Å²) in [6, 6.07) is 0. The van der Waals surface area contributed by atoms with E-state index in [-0.39, 0.29) is 0 Å². The summed E-state index contributed by atoms with van der Waals surface area (Å²) in [6.45, 7) is 12.4. The molecule has 1 heteroatoms. The first-order valence-electron chi connectivity index (χ1n) is 5.91. The second-order valence-electron chi connectivity index (χ2n) is 3.75. The van der Waals surface area contributed by atoms with Crippen LogP contribution in [-0.2, 0) is 0 Å². The van der Waals surface area contributed by atoms with Gasteiger partial charge in [-0.2, -0.15) is 0 Å². The molecule has 0 aromatic heterocycles. The maximum absolute atomic E-state index is 3.76. The average molecular weight is 207 g/mol. The monoisotopic (exact) mass is 207 g/mol. The molecule has 1 N–H and O–H groups in total. The molecular weight excluding hydrogens is 182 g/mol. The second-order valence-corrected chi connectivity index (χ2v) is 3.75. The van der Waals surface area contributed by atoms with Gasteiger partial charge in [0.2, 0.25) is 0 Å². The number of hydrogen-bond donors (Lipinski definition) is 1. The molecule has 0 amide bonds. The molecule has 0 aromatic rings. The molecule has 0 rings (SSSR count). The van der Waals surface area contributed by atoms with E-state index < -0.39 is 0 Å². The summed E-state index contributed by atoms with van der Waals surface area (Å²) in [6.07, 6.45) is 9.71. The maximum atomic E-state index is 3.76. The van der Waals surface area contributed by atoms with Gasteiger partial charge in [-0.1, -0.05) is 37.3 Å². The third kappa shape index (κ3) is 7.15. The van der Waals surface area contributed by atoms with Gasteiger partial charge in [0.05, 0.1) is 0 Å². The van der Waals surface area contributed by atoms with E-state index in [1.165, 1.54) is 24.0 Å². The van der Waals surface area contributed by atoms with Crippen LogP contribution in [0.4, 0.5) is 0 Å². The molecule has 0 unspecified atom stereocenters. The number of rotatable bonds is 8. The lowest BCUT2D eigenvalue weighted by molar-refractivity contribution is 0.639. The molecule has 0 fully saturated rings. The fourth-order valence-electron chi connectivity index (χ4n) is 1.45. The first-order valence-corrected chi connectivity index (χ1v) is 5.91. The average Bonchev–Trinajstić information content (AvgIpc) is 2.26. The van der Waals surface area contributed by atoms with Crippen molar-refractivity contribution in [2.45, 2.75) is 40.0 Å². The van der Waals surface area contributed by atoms with Crippen molar-refractivity contribution >= 4 is 0 Å². The Morgan fingerprint density at radius 2 is 2.07 bits per heavy atom. The highest BCUT2D eigenvalue weighted by atomic mass is 14.8. The van der Waals surface area contributed by atoms with Crippen LogP contribution in [0.25, 0.3) is 0 Å². The Kier molecular flexibility index (Phi) is 9.19. The van der Waals surface area contributed by atoms with E-state index in [1.807, 2.05) is 6.08 Å². The van der Waals surface area contributed by atoms with Gasteiger partial charge in [0.15, 0.2) is 0 Å². The molecule has 0 bridgehead atoms.